The lowest BCUT2D eigenvalue weighted by Gasteiger charge is -2.38. The van der Waals surface area contributed by atoms with Gasteiger partial charge in [-0.3, -0.25) is 4.90 Å². The average Bonchev–Trinajstić information content (AvgIpc) is 3.85. The van der Waals surface area contributed by atoms with Gasteiger partial charge in [0.1, 0.15) is 16.9 Å². The number of rotatable bonds is 5. The summed E-state index contributed by atoms with van der Waals surface area (Å²) in [6.07, 6.45) is 0. The van der Waals surface area contributed by atoms with Crippen LogP contribution in [0.25, 0.3) is 60.6 Å². The molecule has 6 heteroatoms. The molecular formula is C54H33N3O3. The molecule has 282 valence electrons. The van der Waals surface area contributed by atoms with E-state index in [1.54, 1.807) is 0 Å². The zero-order valence-electron chi connectivity index (χ0n) is 32.1. The lowest BCUT2D eigenvalue weighted by Crippen LogP contribution is -2.20. The van der Waals surface area contributed by atoms with Crippen LogP contribution in [-0.2, 0) is 0 Å². The highest BCUT2D eigenvalue weighted by Crippen LogP contribution is 2.60. The summed E-state index contributed by atoms with van der Waals surface area (Å²) in [6.45, 7) is 0. The maximum atomic E-state index is 6.61. The molecule has 9 aromatic carbocycles. The third-order valence-corrected chi connectivity index (χ3v) is 11.9. The molecule has 6 nitrogen and oxygen atoms in total. The van der Waals surface area contributed by atoms with E-state index < -0.39 is 0 Å². The monoisotopic (exact) mass is 771 g/mol. The van der Waals surface area contributed by atoms with Crippen LogP contribution < -0.4 is 19.3 Å². The summed E-state index contributed by atoms with van der Waals surface area (Å²) in [6, 6.07) is 70.1. The fourth-order valence-corrected chi connectivity index (χ4v) is 9.31. The normalized spacial score (nSPS) is 12.6. The largest absolute Gasteiger partial charge is 0.456 e. The first-order chi connectivity index (χ1) is 29.7. The predicted molar refractivity (Wildman–Crippen MR) is 243 cm³/mol. The number of furan rings is 1. The van der Waals surface area contributed by atoms with E-state index in [2.05, 4.69) is 166 Å². The molecule has 0 N–H and O–H groups in total. The van der Waals surface area contributed by atoms with Crippen LogP contribution in [0.3, 0.4) is 0 Å². The maximum Gasteiger partial charge on any atom is 0.156 e. The van der Waals surface area contributed by atoms with E-state index in [-0.39, 0.29) is 0 Å². The van der Waals surface area contributed by atoms with E-state index in [1.165, 1.54) is 16.3 Å². The van der Waals surface area contributed by atoms with Crippen molar-refractivity contribution in [2.45, 2.75) is 0 Å². The number of nitrogens with zero attached hydrogens (tertiary/aromatic N) is 3. The Balaban J connectivity index is 0.989. The van der Waals surface area contributed by atoms with Gasteiger partial charge >= 0.3 is 0 Å². The van der Waals surface area contributed by atoms with E-state index in [0.29, 0.717) is 0 Å². The summed E-state index contributed by atoms with van der Waals surface area (Å²) in [5.74, 6) is 3.11. The van der Waals surface area contributed by atoms with Gasteiger partial charge in [0, 0.05) is 33.2 Å². The Morgan fingerprint density at radius 2 is 1.02 bits per heavy atom. The zero-order chi connectivity index (χ0) is 39.3. The molecule has 0 atom stereocenters. The molecule has 0 spiro atoms. The average molecular weight is 772 g/mol. The first kappa shape index (κ1) is 32.8. The minimum absolute atomic E-state index is 0.752. The van der Waals surface area contributed by atoms with Gasteiger partial charge in [-0.05, 0) is 108 Å². The second-order valence-corrected chi connectivity index (χ2v) is 15.3. The van der Waals surface area contributed by atoms with Gasteiger partial charge in [0.15, 0.2) is 23.0 Å². The summed E-state index contributed by atoms with van der Waals surface area (Å²) < 4.78 is 22.0. The van der Waals surface area contributed by atoms with Gasteiger partial charge in [0.25, 0.3) is 0 Å². The van der Waals surface area contributed by atoms with E-state index in [1.807, 2.05) is 48.5 Å². The number of hydrogen-bond acceptors (Lipinski definition) is 5. The number of fused-ring (bicyclic) bond motifs is 10. The molecule has 13 rings (SSSR count). The van der Waals surface area contributed by atoms with Crippen LogP contribution in [0.5, 0.6) is 23.0 Å². The minimum atomic E-state index is 0.752. The molecule has 0 radical (unpaired) electrons. The highest BCUT2D eigenvalue weighted by atomic mass is 16.5. The molecule has 0 unspecified atom stereocenters. The molecule has 0 aliphatic carbocycles. The second-order valence-electron chi connectivity index (χ2n) is 15.3. The summed E-state index contributed by atoms with van der Waals surface area (Å²) in [7, 11) is 0. The van der Waals surface area contributed by atoms with Crippen LogP contribution in [0, 0.1) is 0 Å². The van der Waals surface area contributed by atoms with Crippen molar-refractivity contribution in [1.82, 2.24) is 4.57 Å². The number of hydrogen-bond donors (Lipinski definition) is 0. The van der Waals surface area contributed by atoms with Crippen molar-refractivity contribution in [2.75, 3.05) is 9.80 Å². The Bertz CT molecular complexity index is 3440. The SMILES string of the molecule is c1ccc(-n2c3ccccc3c3ccc(N(c4ccc(-c5cc6c7c(c5)Oc5ccccc5N7c5ccccc5O6)cc4)c4cccc5oc6ccccc6c45)cc32)cc1. The molecule has 0 fully saturated rings. The van der Waals surface area contributed by atoms with Gasteiger partial charge in [-0.15, -0.1) is 0 Å². The Labute approximate surface area is 344 Å². The number of para-hydroxylation sites is 7. The molecule has 0 saturated carbocycles. The second kappa shape index (κ2) is 12.6. The van der Waals surface area contributed by atoms with Gasteiger partial charge in [-0.1, -0.05) is 103 Å². The Kier molecular flexibility index (Phi) is 6.91. The third-order valence-electron chi connectivity index (χ3n) is 11.9. The zero-order valence-corrected chi connectivity index (χ0v) is 32.1. The Hall–Kier alpha value is -8.22. The number of ether oxygens (including phenoxy) is 2. The van der Waals surface area contributed by atoms with Crippen LogP contribution >= 0.6 is 0 Å². The molecule has 4 heterocycles. The van der Waals surface area contributed by atoms with E-state index in [4.69, 9.17) is 13.9 Å². The molecule has 2 aliphatic rings. The molecule has 60 heavy (non-hydrogen) atoms. The molecule has 11 aromatic rings. The highest BCUT2D eigenvalue weighted by molar-refractivity contribution is 6.14. The molecule has 2 aliphatic heterocycles. The van der Waals surface area contributed by atoms with E-state index in [0.717, 1.165) is 101 Å². The first-order valence-electron chi connectivity index (χ1n) is 20.2. The molecule has 0 saturated heterocycles. The lowest BCUT2D eigenvalue weighted by molar-refractivity contribution is 0.446. The molecule has 0 bridgehead atoms. The van der Waals surface area contributed by atoms with E-state index in [9.17, 15) is 0 Å². The van der Waals surface area contributed by atoms with E-state index >= 15 is 0 Å². The van der Waals surface area contributed by atoms with Crippen LogP contribution in [-0.4, -0.2) is 4.57 Å². The number of anilines is 6. The predicted octanol–water partition coefficient (Wildman–Crippen LogP) is 15.5. The van der Waals surface area contributed by atoms with Gasteiger partial charge < -0.3 is 23.4 Å². The van der Waals surface area contributed by atoms with Crippen molar-refractivity contribution in [1.29, 1.82) is 0 Å². The molecule has 0 amide bonds. The van der Waals surface area contributed by atoms with Crippen molar-refractivity contribution in [3.05, 3.63) is 200 Å². The summed E-state index contributed by atoms with van der Waals surface area (Å²) in [5, 5.41) is 4.55. The topological polar surface area (TPSA) is 43.0 Å². The van der Waals surface area contributed by atoms with Crippen molar-refractivity contribution in [2.24, 2.45) is 0 Å². The standard InChI is InChI=1S/C54H33N3O3/c1-2-13-36(14-3-1)56-42-17-6-4-15-39(42)40-30-29-38(33-46(40)56)55(45-20-12-24-50-53(45)41-16-5-9-21-47(41)58-50)37-27-25-34(26-28-37)35-31-51-54-52(32-35)60-49-23-11-8-19-44(49)57(54)43-18-7-10-22-48(43)59-51/h1-33H. The fraction of sp³-hybridized carbons (Fsp3) is 0. The van der Waals surface area contributed by atoms with Gasteiger partial charge in [-0.25, -0.2) is 0 Å². The van der Waals surface area contributed by atoms with Gasteiger partial charge in [-0.2, -0.15) is 0 Å². The Morgan fingerprint density at radius 1 is 0.400 bits per heavy atom. The molecular weight excluding hydrogens is 739 g/mol. The van der Waals surface area contributed by atoms with Crippen LogP contribution in [0.2, 0.25) is 0 Å². The van der Waals surface area contributed by atoms with Crippen LogP contribution in [0.15, 0.2) is 205 Å². The summed E-state index contributed by atoms with van der Waals surface area (Å²) in [5.41, 5.74) is 13.1. The summed E-state index contributed by atoms with van der Waals surface area (Å²) >= 11 is 0. The number of benzene rings is 9. The smallest absolute Gasteiger partial charge is 0.156 e. The van der Waals surface area contributed by atoms with Crippen molar-refractivity contribution >= 4 is 77.9 Å². The van der Waals surface area contributed by atoms with Crippen molar-refractivity contribution in [3.63, 3.8) is 0 Å². The lowest BCUT2D eigenvalue weighted by atomic mass is 10.00. The van der Waals surface area contributed by atoms with Crippen LogP contribution in [0.1, 0.15) is 0 Å². The molecule has 2 aromatic heterocycles. The first-order valence-corrected chi connectivity index (χ1v) is 20.2. The van der Waals surface area contributed by atoms with Crippen molar-refractivity contribution < 1.29 is 13.9 Å². The summed E-state index contributed by atoms with van der Waals surface area (Å²) in [4.78, 5) is 4.61. The highest BCUT2D eigenvalue weighted by Gasteiger charge is 2.35. The van der Waals surface area contributed by atoms with Crippen molar-refractivity contribution in [3.8, 4) is 39.8 Å². The Morgan fingerprint density at radius 3 is 1.78 bits per heavy atom. The number of aromatic nitrogens is 1. The quantitative estimate of drug-likeness (QED) is 0.174. The van der Waals surface area contributed by atoms with Gasteiger partial charge in [0.2, 0.25) is 0 Å². The fourth-order valence-electron chi connectivity index (χ4n) is 9.31. The van der Waals surface area contributed by atoms with Gasteiger partial charge in [0.05, 0.1) is 33.5 Å². The minimum Gasteiger partial charge on any atom is -0.456 e. The van der Waals surface area contributed by atoms with Crippen LogP contribution in [0.4, 0.5) is 34.1 Å². The third kappa shape index (κ3) is 4.82. The maximum absolute atomic E-state index is 6.61.